The van der Waals surface area contributed by atoms with Gasteiger partial charge in [0.05, 0.1) is 36.3 Å². The number of aromatic nitrogens is 4. The molecule has 0 bridgehead atoms. The fourth-order valence-electron chi connectivity index (χ4n) is 6.49. The van der Waals surface area contributed by atoms with Gasteiger partial charge in [0.2, 0.25) is 0 Å². The maximum atomic E-state index is 14.5. The average Bonchev–Trinajstić information content (AvgIpc) is 3.73. The molecular weight excluding hydrogens is 606 g/mol. The zero-order valence-electron chi connectivity index (χ0n) is 25.8. The van der Waals surface area contributed by atoms with Gasteiger partial charge in [-0.2, -0.15) is 18.3 Å². The van der Waals surface area contributed by atoms with Crippen molar-refractivity contribution in [3.63, 3.8) is 0 Å². The zero-order valence-corrected chi connectivity index (χ0v) is 25.8. The number of rotatable bonds is 10. The van der Waals surface area contributed by atoms with E-state index in [4.69, 9.17) is 9.47 Å². The highest BCUT2D eigenvalue weighted by Gasteiger charge is 2.38. The number of aryl methyl sites for hydroxylation is 1. The number of hydrogen-bond acceptors (Lipinski definition) is 7. The molecule has 0 saturated carbocycles. The third-order valence-corrected chi connectivity index (χ3v) is 9.00. The van der Waals surface area contributed by atoms with Gasteiger partial charge in [0.15, 0.2) is 6.04 Å². The molecule has 0 spiro atoms. The van der Waals surface area contributed by atoms with Crippen LogP contribution in [0.25, 0.3) is 22.0 Å². The van der Waals surface area contributed by atoms with Gasteiger partial charge in [-0.3, -0.25) is 9.58 Å². The maximum Gasteiger partial charge on any atom is 0.417 e. The van der Waals surface area contributed by atoms with Crippen LogP contribution in [0.4, 0.5) is 17.6 Å². The number of halogens is 4. The number of carbonyl (C=O) groups is 1. The summed E-state index contributed by atoms with van der Waals surface area (Å²) in [5, 5.41) is 13.7. The van der Waals surface area contributed by atoms with E-state index in [2.05, 4.69) is 15.0 Å². The van der Waals surface area contributed by atoms with E-state index in [1.165, 1.54) is 12.5 Å². The standard InChI is InChI=1S/C33H37F4N5O4/c1-3-45-32(44)31(30-28-14-23(34)16-41(28)19-38-30)42-17-26-27(33(35,36)37)15-25(20(2)29(26)39-42)22-4-6-24(7-5-22)46-13-12-40-10-8-21(18-43)9-11-40/h4-7,15,17,19,21,23,31,43H,3,8-14,16,18H2,1-2H3. The molecule has 0 amide bonds. The summed E-state index contributed by atoms with van der Waals surface area (Å²) in [4.78, 5) is 19.8. The molecule has 46 heavy (non-hydrogen) atoms. The summed E-state index contributed by atoms with van der Waals surface area (Å²) in [6.45, 7) is 6.71. The second kappa shape index (κ2) is 13.0. The second-order valence-corrected chi connectivity index (χ2v) is 12.0. The number of likely N-dealkylation sites (tertiary alicyclic amines) is 1. The Morgan fingerprint density at radius 1 is 1.17 bits per heavy atom. The highest BCUT2D eigenvalue weighted by atomic mass is 19.4. The van der Waals surface area contributed by atoms with Crippen molar-refractivity contribution in [3.05, 3.63) is 65.4 Å². The van der Waals surface area contributed by atoms with Crippen LogP contribution in [-0.4, -0.2) is 80.9 Å². The molecule has 2 aliphatic rings. The number of imidazole rings is 1. The SMILES string of the molecule is CCOC(=O)C(c1ncn2c1CC(F)C2)n1cc2c(C(F)(F)F)cc(-c3ccc(OCCN4CCC(CO)CC4)cc3)c(C)c2n1. The van der Waals surface area contributed by atoms with E-state index in [0.717, 1.165) is 43.2 Å². The average molecular weight is 644 g/mol. The number of nitrogens with zero attached hydrogens (tertiary/aromatic N) is 5. The lowest BCUT2D eigenvalue weighted by Crippen LogP contribution is -2.37. The highest BCUT2D eigenvalue weighted by molar-refractivity contribution is 5.92. The third-order valence-electron chi connectivity index (χ3n) is 9.00. The molecule has 4 aromatic rings. The van der Waals surface area contributed by atoms with Crippen LogP contribution in [0.2, 0.25) is 0 Å². The predicted octanol–water partition coefficient (Wildman–Crippen LogP) is 5.36. The van der Waals surface area contributed by atoms with Crippen LogP contribution in [0.1, 0.15) is 48.3 Å². The Balaban J connectivity index is 1.30. The van der Waals surface area contributed by atoms with Crippen LogP contribution < -0.4 is 4.74 Å². The first-order valence-electron chi connectivity index (χ1n) is 15.6. The van der Waals surface area contributed by atoms with Gasteiger partial charge in [-0.05, 0) is 80.6 Å². The molecule has 2 atom stereocenters. The summed E-state index contributed by atoms with van der Waals surface area (Å²) in [5.41, 5.74) is 1.31. The van der Waals surface area contributed by atoms with Crippen LogP contribution in [0.3, 0.4) is 0 Å². The Bertz CT molecular complexity index is 1690. The third kappa shape index (κ3) is 6.35. The lowest BCUT2D eigenvalue weighted by atomic mass is 9.95. The molecule has 1 saturated heterocycles. The summed E-state index contributed by atoms with van der Waals surface area (Å²) in [6.07, 6.45) is -1.27. The molecule has 246 valence electrons. The van der Waals surface area contributed by atoms with Crippen molar-refractivity contribution in [1.29, 1.82) is 0 Å². The van der Waals surface area contributed by atoms with E-state index in [-0.39, 0.29) is 42.8 Å². The van der Waals surface area contributed by atoms with Crippen molar-refractivity contribution in [3.8, 4) is 16.9 Å². The van der Waals surface area contributed by atoms with E-state index >= 15 is 0 Å². The van der Waals surface area contributed by atoms with Crippen LogP contribution >= 0.6 is 0 Å². The molecule has 1 N–H and O–H groups in total. The van der Waals surface area contributed by atoms with Crippen molar-refractivity contribution < 1.29 is 36.9 Å². The van der Waals surface area contributed by atoms with Crippen molar-refractivity contribution in [1.82, 2.24) is 24.2 Å². The summed E-state index contributed by atoms with van der Waals surface area (Å²) in [5.74, 6) is 0.227. The first-order valence-corrected chi connectivity index (χ1v) is 15.6. The highest BCUT2D eigenvalue weighted by Crippen LogP contribution is 2.41. The Hall–Kier alpha value is -3.97. The quantitative estimate of drug-likeness (QED) is 0.184. The minimum absolute atomic E-state index is 0.0337. The van der Waals surface area contributed by atoms with Crippen LogP contribution in [-0.2, 0) is 28.7 Å². The molecule has 2 unspecified atom stereocenters. The number of ether oxygens (including phenoxy) is 2. The number of aliphatic hydroxyl groups is 1. The van der Waals surface area contributed by atoms with E-state index in [1.807, 2.05) is 0 Å². The zero-order chi connectivity index (χ0) is 32.6. The van der Waals surface area contributed by atoms with Crippen LogP contribution in [0.15, 0.2) is 42.9 Å². The molecule has 0 aliphatic carbocycles. The molecule has 2 aliphatic heterocycles. The van der Waals surface area contributed by atoms with Gasteiger partial charge in [0, 0.05) is 36.8 Å². The molecule has 0 radical (unpaired) electrons. The molecule has 2 aromatic heterocycles. The molecular formula is C33H37F4N5O4. The van der Waals surface area contributed by atoms with Gasteiger partial charge >= 0.3 is 12.1 Å². The van der Waals surface area contributed by atoms with E-state index in [0.29, 0.717) is 40.7 Å². The number of carbonyl (C=O) groups excluding carboxylic acids is 1. The topological polar surface area (TPSA) is 94.6 Å². The summed E-state index contributed by atoms with van der Waals surface area (Å²) < 4.78 is 71.7. The van der Waals surface area contributed by atoms with Gasteiger partial charge < -0.3 is 19.1 Å². The molecule has 1 fully saturated rings. The number of alkyl halides is 4. The van der Waals surface area contributed by atoms with Crippen molar-refractivity contribution in [2.75, 3.05) is 39.5 Å². The van der Waals surface area contributed by atoms with E-state index < -0.39 is 29.9 Å². The maximum absolute atomic E-state index is 14.5. The first kappa shape index (κ1) is 32.0. The molecule has 2 aromatic carbocycles. The smallest absolute Gasteiger partial charge is 0.417 e. The van der Waals surface area contributed by atoms with Gasteiger partial charge in [-0.25, -0.2) is 14.2 Å². The molecule has 6 rings (SSSR count). The van der Waals surface area contributed by atoms with Gasteiger partial charge in [0.1, 0.15) is 18.5 Å². The lowest BCUT2D eigenvalue weighted by Gasteiger charge is -2.30. The largest absolute Gasteiger partial charge is 0.492 e. The van der Waals surface area contributed by atoms with Crippen molar-refractivity contribution >= 4 is 16.9 Å². The number of aliphatic hydroxyl groups excluding tert-OH is 1. The summed E-state index contributed by atoms with van der Waals surface area (Å²) in [6, 6.07) is 6.73. The molecule has 4 heterocycles. The lowest BCUT2D eigenvalue weighted by molar-refractivity contribution is -0.146. The number of esters is 1. The predicted molar refractivity (Wildman–Crippen MR) is 162 cm³/mol. The van der Waals surface area contributed by atoms with Gasteiger partial charge in [-0.1, -0.05) is 12.1 Å². The van der Waals surface area contributed by atoms with Crippen molar-refractivity contribution in [2.45, 2.75) is 58.0 Å². The normalized spacial score (nSPS) is 18.2. The Kier molecular flexibility index (Phi) is 9.06. The van der Waals surface area contributed by atoms with Crippen LogP contribution in [0.5, 0.6) is 5.75 Å². The molecule has 9 nitrogen and oxygen atoms in total. The van der Waals surface area contributed by atoms with E-state index in [1.54, 1.807) is 42.7 Å². The monoisotopic (exact) mass is 643 g/mol. The molecule has 13 heteroatoms. The Labute approximate surface area is 263 Å². The summed E-state index contributed by atoms with van der Waals surface area (Å²) in [7, 11) is 0. The summed E-state index contributed by atoms with van der Waals surface area (Å²) >= 11 is 0. The van der Waals surface area contributed by atoms with Gasteiger partial charge in [-0.15, -0.1) is 0 Å². The Morgan fingerprint density at radius 2 is 1.91 bits per heavy atom. The first-order chi connectivity index (χ1) is 22.1. The minimum Gasteiger partial charge on any atom is -0.492 e. The minimum atomic E-state index is -4.71. The number of hydrogen-bond donors (Lipinski definition) is 1. The van der Waals surface area contributed by atoms with Crippen LogP contribution in [0, 0.1) is 12.8 Å². The number of piperidine rings is 1. The Morgan fingerprint density at radius 3 is 2.59 bits per heavy atom. The van der Waals surface area contributed by atoms with Crippen molar-refractivity contribution in [2.24, 2.45) is 5.92 Å². The fourth-order valence-corrected chi connectivity index (χ4v) is 6.49. The number of benzene rings is 2. The number of fused-ring (bicyclic) bond motifs is 2. The van der Waals surface area contributed by atoms with E-state index in [9.17, 15) is 27.5 Å². The van der Waals surface area contributed by atoms with Gasteiger partial charge in [0.25, 0.3) is 0 Å². The fraction of sp³-hybridized carbons (Fsp3) is 0.485. The second-order valence-electron chi connectivity index (χ2n) is 12.0.